The van der Waals surface area contributed by atoms with Crippen LogP contribution in [0.1, 0.15) is 19.8 Å². The van der Waals surface area contributed by atoms with Crippen molar-refractivity contribution >= 4 is 22.7 Å². The van der Waals surface area contributed by atoms with Crippen molar-refractivity contribution in [1.29, 1.82) is 10.5 Å². The monoisotopic (exact) mass is 385 g/mol. The summed E-state index contributed by atoms with van der Waals surface area (Å²) in [4.78, 5) is 0. The molecule has 0 aromatic heterocycles. The first-order valence-electron chi connectivity index (χ1n) is 9.52. The minimum atomic E-state index is -3.53. The summed E-state index contributed by atoms with van der Waals surface area (Å²) in [6.07, 6.45) is 7.17. The Kier molecular flexibility index (Phi) is 5.79. The predicted molar refractivity (Wildman–Crippen MR) is 118 cm³/mol. The molecule has 0 bridgehead atoms. The van der Waals surface area contributed by atoms with Crippen LogP contribution in [0.4, 0.5) is 0 Å². The number of hydrogen-bond acceptors (Lipinski definition) is 3. The molecule has 28 heavy (non-hydrogen) atoms. The zero-order valence-corrected chi connectivity index (χ0v) is 17.0. The number of nitrogens with zero attached hydrogens (tertiary/aromatic N) is 3. The molecule has 0 fully saturated rings. The van der Waals surface area contributed by atoms with Crippen LogP contribution in [-0.4, -0.2) is 10.8 Å². The fourth-order valence-electron chi connectivity index (χ4n) is 4.21. The van der Waals surface area contributed by atoms with Gasteiger partial charge in [0.1, 0.15) is 0 Å². The zero-order valence-electron chi connectivity index (χ0n) is 16.1. The molecular weight excluding hydrogens is 361 g/mol. The number of hydrogen-bond donors (Lipinski definition) is 0. The molecule has 140 valence electrons. The van der Waals surface area contributed by atoms with E-state index in [0.717, 1.165) is 34.9 Å². The first kappa shape index (κ1) is 19.6. The van der Waals surface area contributed by atoms with Gasteiger partial charge in [-0.25, -0.2) is 0 Å². The Balaban J connectivity index is 2.60. The summed E-state index contributed by atoms with van der Waals surface area (Å²) in [7, 11) is 0. The van der Waals surface area contributed by atoms with Crippen molar-refractivity contribution in [2.75, 3.05) is 6.16 Å². The van der Waals surface area contributed by atoms with Crippen molar-refractivity contribution in [1.82, 2.24) is 4.67 Å². The molecule has 0 amide bonds. The Bertz CT molecular complexity index is 875. The molecule has 3 rings (SSSR count). The molecule has 3 aromatic carbocycles. The van der Waals surface area contributed by atoms with Gasteiger partial charge in [-0.3, -0.25) is 0 Å². The topological polar surface area (TPSA) is 50.8 Å². The molecule has 0 aliphatic carbocycles. The van der Waals surface area contributed by atoms with Crippen LogP contribution in [0.25, 0.3) is 0 Å². The predicted octanol–water partition coefficient (Wildman–Crippen LogP) is 4.50. The molecule has 3 nitrogen and oxygen atoms in total. The minimum absolute atomic E-state index is 0.737. The molecule has 0 unspecified atom stereocenters. The number of rotatable bonds is 7. The Labute approximate surface area is 167 Å². The number of unbranched alkanes of at least 4 members (excludes halogenated alkanes) is 1. The average Bonchev–Trinajstić information content (AvgIpc) is 2.79. The summed E-state index contributed by atoms with van der Waals surface area (Å²) in [5, 5.41) is 23.5. The molecule has 0 aliphatic rings. The van der Waals surface area contributed by atoms with E-state index in [-0.39, 0.29) is 0 Å². The van der Waals surface area contributed by atoms with Gasteiger partial charge in [0.05, 0.1) is 0 Å². The van der Waals surface area contributed by atoms with Crippen molar-refractivity contribution in [3.63, 3.8) is 0 Å². The Morgan fingerprint density at radius 3 is 1.32 bits per heavy atom. The van der Waals surface area contributed by atoms with Crippen LogP contribution in [0, 0.1) is 22.9 Å². The first-order chi connectivity index (χ1) is 13.7. The summed E-state index contributed by atoms with van der Waals surface area (Å²) >= 11 is 0. The SMILES string of the molecule is CCCCP(c1ccccc1)(c1ccccc1)(c1ccccc1)N(C#N)C#N. The van der Waals surface area contributed by atoms with E-state index in [2.05, 4.69) is 55.7 Å². The molecule has 0 spiro atoms. The van der Waals surface area contributed by atoms with Gasteiger partial charge in [0, 0.05) is 0 Å². The average molecular weight is 385 g/mol. The molecule has 4 heteroatoms. The summed E-state index contributed by atoms with van der Waals surface area (Å²) in [6, 6.07) is 30.4. The zero-order chi connectivity index (χ0) is 19.9. The molecule has 0 saturated heterocycles. The fraction of sp³-hybridized carbons (Fsp3) is 0.167. The fourth-order valence-corrected chi connectivity index (χ4v) is 10.5. The van der Waals surface area contributed by atoms with Gasteiger partial charge in [-0.2, -0.15) is 0 Å². The van der Waals surface area contributed by atoms with Crippen LogP contribution in [0.3, 0.4) is 0 Å². The van der Waals surface area contributed by atoms with E-state index in [1.807, 2.05) is 54.6 Å². The molecule has 0 saturated carbocycles. The standard InChI is InChI=1S/C24H24N3P/c1-2-3-19-28(27(20-25)21-26,22-13-7-4-8-14-22,23-15-9-5-10-16-23)24-17-11-6-12-18-24/h4-18H,2-3,19H2,1H3. The Morgan fingerprint density at radius 2 is 1.04 bits per heavy atom. The van der Waals surface area contributed by atoms with Gasteiger partial charge in [0.2, 0.25) is 0 Å². The van der Waals surface area contributed by atoms with Gasteiger partial charge < -0.3 is 0 Å². The van der Waals surface area contributed by atoms with Gasteiger partial charge in [0.15, 0.2) is 0 Å². The quantitative estimate of drug-likeness (QED) is 0.342. The van der Waals surface area contributed by atoms with E-state index in [9.17, 15) is 10.5 Å². The van der Waals surface area contributed by atoms with Crippen molar-refractivity contribution in [2.45, 2.75) is 19.8 Å². The van der Waals surface area contributed by atoms with E-state index in [1.165, 1.54) is 4.67 Å². The third-order valence-electron chi connectivity index (χ3n) is 5.52. The summed E-state index contributed by atoms with van der Waals surface area (Å²) in [6.45, 7) is -1.39. The van der Waals surface area contributed by atoms with Crippen molar-refractivity contribution < 1.29 is 0 Å². The molecular formula is C24H24N3P. The van der Waals surface area contributed by atoms with Gasteiger partial charge in [-0.05, 0) is 0 Å². The second-order valence-corrected chi connectivity index (χ2v) is 11.7. The van der Waals surface area contributed by atoms with Crippen molar-refractivity contribution in [3.05, 3.63) is 91.0 Å². The first-order valence-corrected chi connectivity index (χ1v) is 11.9. The van der Waals surface area contributed by atoms with E-state index in [0.29, 0.717) is 0 Å². The van der Waals surface area contributed by atoms with Gasteiger partial charge in [-0.15, -0.1) is 0 Å². The van der Waals surface area contributed by atoms with Crippen LogP contribution in [0.5, 0.6) is 0 Å². The molecule has 0 heterocycles. The van der Waals surface area contributed by atoms with E-state index >= 15 is 0 Å². The van der Waals surface area contributed by atoms with Crippen LogP contribution < -0.4 is 15.9 Å². The maximum atomic E-state index is 10.2. The summed E-state index contributed by atoms with van der Waals surface area (Å²) in [5.74, 6) is 0. The van der Waals surface area contributed by atoms with Crippen LogP contribution >= 0.6 is 6.75 Å². The third kappa shape index (κ3) is 2.77. The summed E-state index contributed by atoms with van der Waals surface area (Å²) in [5.41, 5.74) is 0. The van der Waals surface area contributed by atoms with Crippen molar-refractivity contribution in [3.8, 4) is 12.4 Å². The normalized spacial score (nSPS) is 12.2. The molecule has 0 atom stereocenters. The second kappa shape index (κ2) is 8.26. The van der Waals surface area contributed by atoms with Gasteiger partial charge in [-0.1, -0.05) is 0 Å². The van der Waals surface area contributed by atoms with Gasteiger partial charge in [0.25, 0.3) is 0 Å². The van der Waals surface area contributed by atoms with Crippen molar-refractivity contribution in [2.24, 2.45) is 0 Å². The molecule has 0 radical (unpaired) electrons. The molecule has 0 N–H and O–H groups in total. The van der Waals surface area contributed by atoms with E-state index in [4.69, 9.17) is 0 Å². The van der Waals surface area contributed by atoms with Crippen LogP contribution in [0.2, 0.25) is 0 Å². The van der Waals surface area contributed by atoms with E-state index < -0.39 is 6.75 Å². The Morgan fingerprint density at radius 1 is 0.679 bits per heavy atom. The van der Waals surface area contributed by atoms with Crippen LogP contribution in [-0.2, 0) is 0 Å². The number of benzene rings is 3. The number of nitriles is 2. The van der Waals surface area contributed by atoms with E-state index in [1.54, 1.807) is 0 Å². The second-order valence-electron chi connectivity index (χ2n) is 6.85. The van der Waals surface area contributed by atoms with Gasteiger partial charge >= 0.3 is 167 Å². The Hall–Kier alpha value is -3.13. The summed E-state index contributed by atoms with van der Waals surface area (Å²) < 4.78 is 1.42. The third-order valence-corrected chi connectivity index (χ3v) is 12.0. The molecule has 0 aliphatic heterocycles. The molecule has 3 aromatic rings. The van der Waals surface area contributed by atoms with Crippen LogP contribution in [0.15, 0.2) is 91.0 Å². The maximum absolute atomic E-state index is 10.2.